The molecule has 1 aliphatic rings. The maximum absolute atomic E-state index is 14.1. The van der Waals surface area contributed by atoms with Crippen molar-refractivity contribution in [3.8, 4) is 0 Å². The van der Waals surface area contributed by atoms with Gasteiger partial charge in [-0.3, -0.25) is 9.36 Å². The minimum absolute atomic E-state index is 0.00544. The predicted molar refractivity (Wildman–Crippen MR) is 138 cm³/mol. The number of carbonyl (C=O) groups is 1. The highest BCUT2D eigenvalue weighted by Crippen LogP contribution is 2.54. The van der Waals surface area contributed by atoms with Crippen molar-refractivity contribution < 1.29 is 18.6 Å². The minimum Gasteiger partial charge on any atom is -0.366 e. The second-order valence-electron chi connectivity index (χ2n) is 9.95. The van der Waals surface area contributed by atoms with Crippen LogP contribution in [-0.4, -0.2) is 78.7 Å². The van der Waals surface area contributed by atoms with Gasteiger partial charge in [0.05, 0.1) is 6.10 Å². The van der Waals surface area contributed by atoms with E-state index in [1.165, 1.54) is 38.5 Å². The summed E-state index contributed by atoms with van der Waals surface area (Å²) in [4.78, 5) is 14.7. The lowest BCUT2D eigenvalue weighted by Crippen LogP contribution is -2.54. The van der Waals surface area contributed by atoms with Gasteiger partial charge in [-0.15, -0.1) is 0 Å². The van der Waals surface area contributed by atoms with Crippen molar-refractivity contribution in [2.45, 2.75) is 111 Å². The first-order valence-electron chi connectivity index (χ1n) is 13.3. The van der Waals surface area contributed by atoms with Gasteiger partial charge in [0.1, 0.15) is 5.60 Å². The molecule has 196 valence electrons. The van der Waals surface area contributed by atoms with Crippen molar-refractivity contribution in [2.24, 2.45) is 0 Å². The Bertz CT molecular complexity index is 592. The summed E-state index contributed by atoms with van der Waals surface area (Å²) in [6.45, 7) is 12.6. The van der Waals surface area contributed by atoms with Gasteiger partial charge in [-0.05, 0) is 47.7 Å². The predicted octanol–water partition coefficient (Wildman–Crippen LogP) is 5.94. The van der Waals surface area contributed by atoms with E-state index >= 15 is 0 Å². The van der Waals surface area contributed by atoms with Crippen LogP contribution in [0.5, 0.6) is 0 Å². The summed E-state index contributed by atoms with van der Waals surface area (Å²) in [6.07, 6.45) is 11.5. The Hall–Kier alpha value is -0.460. The van der Waals surface area contributed by atoms with Gasteiger partial charge in [0.15, 0.2) is 0 Å². The number of unbranched alkanes of at least 4 members (excludes halogenated alkanes) is 6. The molecule has 0 radical (unpaired) electrons. The average molecular weight is 490 g/mol. The van der Waals surface area contributed by atoms with Crippen LogP contribution in [0.4, 0.5) is 0 Å². The van der Waals surface area contributed by atoms with Gasteiger partial charge in [-0.25, -0.2) is 9.34 Å². The molecule has 0 saturated carbocycles. The highest BCUT2D eigenvalue weighted by Gasteiger charge is 2.41. The van der Waals surface area contributed by atoms with Crippen LogP contribution in [0.3, 0.4) is 0 Å². The van der Waals surface area contributed by atoms with Gasteiger partial charge in [-0.1, -0.05) is 65.2 Å². The molecular weight excluding hydrogens is 437 g/mol. The minimum atomic E-state index is -3.15. The van der Waals surface area contributed by atoms with Crippen LogP contribution in [0.2, 0.25) is 0 Å². The van der Waals surface area contributed by atoms with Gasteiger partial charge < -0.3 is 14.2 Å². The van der Waals surface area contributed by atoms with Crippen LogP contribution in [0.25, 0.3) is 0 Å². The summed E-state index contributed by atoms with van der Waals surface area (Å²) in [6, 6.07) is 0. The Morgan fingerprint density at radius 1 is 0.909 bits per heavy atom. The summed E-state index contributed by atoms with van der Waals surface area (Å²) in [5, 5.41) is 0. The number of amides is 1. The Morgan fingerprint density at radius 3 is 1.94 bits per heavy atom. The fraction of sp³-hybridized carbons (Fsp3) is 0.960. The van der Waals surface area contributed by atoms with Crippen molar-refractivity contribution >= 4 is 13.6 Å². The lowest BCUT2D eigenvalue weighted by atomic mass is 10.0. The number of piperazine rings is 1. The summed E-state index contributed by atoms with van der Waals surface area (Å²) < 4.78 is 30.0. The fourth-order valence-electron chi connectivity index (χ4n) is 4.41. The van der Waals surface area contributed by atoms with E-state index in [1.54, 1.807) is 4.67 Å². The lowest BCUT2D eigenvalue weighted by Gasteiger charge is -2.43. The maximum Gasteiger partial charge on any atom is 0.345 e. The molecule has 0 spiro atoms. The van der Waals surface area contributed by atoms with Crippen LogP contribution in [0.15, 0.2) is 0 Å². The van der Waals surface area contributed by atoms with Gasteiger partial charge in [0.25, 0.3) is 5.91 Å². The molecule has 0 bridgehead atoms. The fourth-order valence-corrected chi connectivity index (χ4v) is 6.52. The Balaban J connectivity index is 2.79. The van der Waals surface area contributed by atoms with Crippen LogP contribution in [0, 0.1) is 0 Å². The van der Waals surface area contributed by atoms with E-state index in [0.29, 0.717) is 32.8 Å². The average Bonchev–Trinajstić information content (AvgIpc) is 2.78. The normalized spacial score (nSPS) is 18.5. The molecule has 2 atom stereocenters. The van der Waals surface area contributed by atoms with E-state index in [0.717, 1.165) is 25.7 Å². The third kappa shape index (κ3) is 9.97. The van der Waals surface area contributed by atoms with Crippen LogP contribution in [-0.2, 0) is 18.6 Å². The Kier molecular flexibility index (Phi) is 14.4. The first-order valence-corrected chi connectivity index (χ1v) is 14.8. The smallest absolute Gasteiger partial charge is 0.345 e. The zero-order chi connectivity index (χ0) is 24.9. The highest BCUT2D eigenvalue weighted by atomic mass is 31.2. The van der Waals surface area contributed by atoms with Gasteiger partial charge in [-0.2, -0.15) is 0 Å². The molecule has 0 aromatic rings. The number of hydrogen-bond acceptors (Lipinski definition) is 4. The molecular formula is C25H52N3O4P. The largest absolute Gasteiger partial charge is 0.366 e. The summed E-state index contributed by atoms with van der Waals surface area (Å²) in [7, 11) is 0.551. The molecule has 1 aliphatic heterocycles. The molecule has 1 amide bonds. The van der Waals surface area contributed by atoms with Crippen LogP contribution >= 0.6 is 7.67 Å². The number of nitrogens with zero attached hydrogens (tertiary/aromatic N) is 3. The van der Waals surface area contributed by atoms with Crippen molar-refractivity contribution in [3.05, 3.63) is 0 Å². The number of hydrogen-bond donors (Lipinski definition) is 0. The van der Waals surface area contributed by atoms with Crippen molar-refractivity contribution in [1.29, 1.82) is 0 Å². The van der Waals surface area contributed by atoms with Gasteiger partial charge >= 0.3 is 7.67 Å². The second-order valence-corrected chi connectivity index (χ2v) is 12.5. The van der Waals surface area contributed by atoms with Gasteiger partial charge in [0, 0.05) is 32.8 Å². The molecule has 0 N–H and O–H groups in total. The monoisotopic (exact) mass is 489 g/mol. The SMILES string of the molecule is CCCCCCCC(CCCCC)OP(=O)(N(C)C)N1CCN(C(=O)C(C)(C)OCC)CC1. The van der Waals surface area contributed by atoms with Crippen molar-refractivity contribution in [1.82, 2.24) is 14.2 Å². The van der Waals surface area contributed by atoms with E-state index in [9.17, 15) is 9.36 Å². The second kappa shape index (κ2) is 15.5. The molecule has 33 heavy (non-hydrogen) atoms. The van der Waals surface area contributed by atoms with E-state index < -0.39 is 13.3 Å². The maximum atomic E-state index is 14.1. The number of carbonyl (C=O) groups excluding carboxylic acids is 1. The Morgan fingerprint density at radius 2 is 1.42 bits per heavy atom. The number of rotatable bonds is 17. The summed E-state index contributed by atoms with van der Waals surface area (Å²) >= 11 is 0. The van der Waals surface area contributed by atoms with E-state index in [2.05, 4.69) is 13.8 Å². The summed E-state index contributed by atoms with van der Waals surface area (Å²) in [5.41, 5.74) is -0.833. The molecule has 8 heteroatoms. The number of ether oxygens (including phenoxy) is 1. The Labute approximate surface area is 204 Å². The molecule has 1 fully saturated rings. The molecule has 7 nitrogen and oxygen atoms in total. The zero-order valence-corrected chi connectivity index (χ0v) is 23.5. The van der Waals surface area contributed by atoms with Crippen LogP contribution < -0.4 is 0 Å². The third-order valence-corrected chi connectivity index (χ3v) is 9.17. The van der Waals surface area contributed by atoms with Gasteiger partial charge in [0.2, 0.25) is 0 Å². The van der Waals surface area contributed by atoms with Crippen LogP contribution in [0.1, 0.15) is 98.8 Å². The highest BCUT2D eigenvalue weighted by molar-refractivity contribution is 7.53. The lowest BCUT2D eigenvalue weighted by molar-refractivity contribution is -0.155. The standard InChI is InChI=1S/C25H52N3O4P/c1-8-11-13-14-16-18-23(17-15-12-9-2)32-33(30,26(6)7)28-21-19-27(20-22-28)24(29)25(4,5)31-10-3/h23H,8-22H2,1-7H3. The zero-order valence-electron chi connectivity index (χ0n) is 22.6. The molecule has 0 aromatic carbocycles. The molecule has 0 aliphatic carbocycles. The molecule has 1 rings (SSSR count). The molecule has 1 saturated heterocycles. The summed E-state index contributed by atoms with van der Waals surface area (Å²) in [5.74, 6) is -0.00544. The van der Waals surface area contributed by atoms with E-state index in [-0.39, 0.29) is 12.0 Å². The van der Waals surface area contributed by atoms with E-state index in [4.69, 9.17) is 9.26 Å². The third-order valence-electron chi connectivity index (χ3n) is 6.47. The van der Waals surface area contributed by atoms with E-state index in [1.807, 2.05) is 44.4 Å². The first kappa shape index (κ1) is 30.6. The molecule has 2 unspecified atom stereocenters. The van der Waals surface area contributed by atoms with Crippen molar-refractivity contribution in [2.75, 3.05) is 46.9 Å². The van der Waals surface area contributed by atoms with Crippen molar-refractivity contribution in [3.63, 3.8) is 0 Å². The molecule has 1 heterocycles. The topological polar surface area (TPSA) is 62.3 Å². The quantitative estimate of drug-likeness (QED) is 0.186. The first-order chi connectivity index (χ1) is 15.6. The molecule has 0 aromatic heterocycles.